The number of hydrogen-bond acceptors (Lipinski definition) is 7. The van der Waals surface area contributed by atoms with Gasteiger partial charge in [0.25, 0.3) is 5.69 Å². The summed E-state index contributed by atoms with van der Waals surface area (Å²) in [6, 6.07) is 3.90. The molecule has 0 spiro atoms. The normalized spacial score (nSPS) is 10.1. The van der Waals surface area contributed by atoms with Crippen molar-refractivity contribution in [2.75, 3.05) is 12.4 Å². The van der Waals surface area contributed by atoms with Crippen LogP contribution in [0.3, 0.4) is 0 Å². The number of carbonyl (C=O) groups excluding carboxylic acids is 1. The first-order chi connectivity index (χ1) is 9.41. The first-order valence-corrected chi connectivity index (χ1v) is 8.45. The Labute approximate surface area is 135 Å². The maximum atomic E-state index is 11.0. The van der Waals surface area contributed by atoms with Crippen molar-refractivity contribution < 1.29 is 24.4 Å². The minimum absolute atomic E-state index is 0.248. The fourth-order valence-corrected chi connectivity index (χ4v) is 3.22. The van der Waals surface area contributed by atoms with Crippen molar-refractivity contribution >= 4 is 59.8 Å². The van der Waals surface area contributed by atoms with Gasteiger partial charge in [0.05, 0.1) is 27.5 Å². The van der Waals surface area contributed by atoms with E-state index in [2.05, 4.69) is 0 Å². The molecule has 0 heterocycles. The predicted molar refractivity (Wildman–Crippen MR) is 83.7 cm³/mol. The van der Waals surface area contributed by atoms with Crippen LogP contribution in [0, 0.1) is 10.1 Å². The number of nitro benzene ring substituents is 1. The van der Waals surface area contributed by atoms with Crippen LogP contribution in [0.15, 0.2) is 23.1 Å². The molecule has 0 aliphatic carbocycles. The molecule has 10 heteroatoms. The number of halogens is 1. The van der Waals surface area contributed by atoms with Crippen LogP contribution < -0.4 is 0 Å². The summed E-state index contributed by atoms with van der Waals surface area (Å²) < 4.78 is 4.33. The fraction of sp³-hybridized carbons (Fsp3) is 0.200. The molecular weight excluding hydrogens is 421 g/mol. The smallest absolute Gasteiger partial charge is 0.367 e. The molecule has 108 valence electrons. The first kappa shape index (κ1) is 17.0. The molecule has 0 saturated heterocycles. The number of aromatic carboxylic acids is 1. The second kappa shape index (κ2) is 8.32. The highest BCUT2D eigenvalue weighted by Gasteiger charge is 2.20. The standard InChI is InChI=1S/C10H8INO6S2/c11-10(15)18-3-4-19-20-6-1-2-8(12(16)17)7(5-6)9(13)14/h1-2,5H,3-4H2,(H,13,14). The van der Waals surface area contributed by atoms with E-state index in [4.69, 9.17) is 9.84 Å². The Balaban J connectivity index is 2.64. The lowest BCUT2D eigenvalue weighted by atomic mass is 10.2. The van der Waals surface area contributed by atoms with Gasteiger partial charge in [0, 0.05) is 16.7 Å². The monoisotopic (exact) mass is 429 g/mol. The lowest BCUT2D eigenvalue weighted by Gasteiger charge is -2.03. The van der Waals surface area contributed by atoms with Crippen molar-refractivity contribution in [3.8, 4) is 0 Å². The maximum Gasteiger partial charge on any atom is 0.367 e. The molecule has 0 bridgehead atoms. The van der Waals surface area contributed by atoms with Gasteiger partial charge < -0.3 is 9.84 Å². The highest BCUT2D eigenvalue weighted by Crippen LogP contribution is 2.33. The van der Waals surface area contributed by atoms with Crippen LogP contribution in [0.2, 0.25) is 0 Å². The SMILES string of the molecule is O=C(I)OCCSSc1ccc([N+](=O)[O-])c(C(=O)O)c1. The van der Waals surface area contributed by atoms with Crippen LogP contribution in [0.4, 0.5) is 10.5 Å². The minimum Gasteiger partial charge on any atom is -0.477 e. The summed E-state index contributed by atoms with van der Waals surface area (Å²) in [5.74, 6) is -0.818. The van der Waals surface area contributed by atoms with Crippen LogP contribution >= 0.6 is 44.2 Å². The van der Waals surface area contributed by atoms with Crippen LogP contribution in [-0.2, 0) is 4.74 Å². The van der Waals surface area contributed by atoms with E-state index in [1.165, 1.54) is 56.3 Å². The molecule has 1 aromatic carbocycles. The summed E-state index contributed by atoms with van der Waals surface area (Å²) in [5, 5.41) is 19.6. The van der Waals surface area contributed by atoms with E-state index in [1.54, 1.807) is 0 Å². The quantitative estimate of drug-likeness (QED) is 0.175. The third-order valence-electron chi connectivity index (χ3n) is 1.93. The van der Waals surface area contributed by atoms with Crippen LogP contribution in [-0.4, -0.2) is 32.3 Å². The summed E-state index contributed by atoms with van der Waals surface area (Å²) >= 11 is 1.52. The summed E-state index contributed by atoms with van der Waals surface area (Å²) in [7, 11) is 2.62. The van der Waals surface area contributed by atoms with Crippen molar-refractivity contribution in [3.63, 3.8) is 0 Å². The van der Waals surface area contributed by atoms with E-state index < -0.39 is 20.6 Å². The number of carbonyl (C=O) groups is 2. The van der Waals surface area contributed by atoms with Gasteiger partial charge in [-0.3, -0.25) is 10.1 Å². The van der Waals surface area contributed by atoms with Gasteiger partial charge in [-0.05, 0) is 12.1 Å². The Hall–Kier alpha value is -1.01. The minimum atomic E-state index is -1.34. The third-order valence-corrected chi connectivity index (χ3v) is 4.57. The Morgan fingerprint density at radius 3 is 2.70 bits per heavy atom. The van der Waals surface area contributed by atoms with E-state index in [9.17, 15) is 19.7 Å². The number of carboxylic acids is 1. The largest absolute Gasteiger partial charge is 0.477 e. The van der Waals surface area contributed by atoms with Crippen molar-refractivity contribution in [1.82, 2.24) is 0 Å². The molecular formula is C10H8INO6S2. The van der Waals surface area contributed by atoms with Gasteiger partial charge >= 0.3 is 9.95 Å². The number of nitro groups is 1. The highest BCUT2D eigenvalue weighted by atomic mass is 127. The van der Waals surface area contributed by atoms with E-state index in [-0.39, 0.29) is 12.2 Å². The number of rotatable bonds is 7. The molecule has 0 radical (unpaired) electrons. The molecule has 1 N–H and O–H groups in total. The molecule has 20 heavy (non-hydrogen) atoms. The number of nitrogens with zero attached hydrogens (tertiary/aromatic N) is 1. The second-order valence-corrected chi connectivity index (χ2v) is 6.60. The van der Waals surface area contributed by atoms with Crippen LogP contribution in [0.25, 0.3) is 0 Å². The molecule has 0 unspecified atom stereocenters. The third kappa shape index (κ3) is 5.54. The van der Waals surface area contributed by atoms with Gasteiger partial charge in [0.1, 0.15) is 12.2 Å². The van der Waals surface area contributed by atoms with Crippen LogP contribution in [0.5, 0.6) is 0 Å². The fourth-order valence-electron chi connectivity index (χ4n) is 1.16. The zero-order valence-corrected chi connectivity index (χ0v) is 13.6. The van der Waals surface area contributed by atoms with Gasteiger partial charge in [-0.15, -0.1) is 0 Å². The van der Waals surface area contributed by atoms with Crippen molar-refractivity contribution in [1.29, 1.82) is 0 Å². The summed E-state index contributed by atoms with van der Waals surface area (Å²) in [6.07, 6.45) is 0. The topological polar surface area (TPSA) is 107 Å². The Kier molecular flexibility index (Phi) is 7.09. The second-order valence-electron chi connectivity index (χ2n) is 3.23. The van der Waals surface area contributed by atoms with E-state index in [0.717, 1.165) is 6.07 Å². The van der Waals surface area contributed by atoms with Crippen molar-refractivity contribution in [3.05, 3.63) is 33.9 Å². The lowest BCUT2D eigenvalue weighted by molar-refractivity contribution is -0.385. The lowest BCUT2D eigenvalue weighted by Crippen LogP contribution is -2.02. The molecule has 1 rings (SSSR count). The molecule has 7 nitrogen and oxygen atoms in total. The predicted octanol–water partition coefficient (Wildman–Crippen LogP) is 3.60. The van der Waals surface area contributed by atoms with E-state index in [1.807, 2.05) is 0 Å². The maximum absolute atomic E-state index is 11.0. The summed E-state index contributed by atoms with van der Waals surface area (Å²) in [5.41, 5.74) is -0.787. The zero-order valence-electron chi connectivity index (χ0n) is 9.78. The molecule has 0 aliphatic heterocycles. The molecule has 0 atom stereocenters. The van der Waals surface area contributed by atoms with Gasteiger partial charge in [-0.2, -0.15) is 0 Å². The molecule has 0 aliphatic rings. The van der Waals surface area contributed by atoms with Gasteiger partial charge in [0.2, 0.25) is 0 Å². The average molecular weight is 429 g/mol. The van der Waals surface area contributed by atoms with Crippen LogP contribution in [0.1, 0.15) is 10.4 Å². The van der Waals surface area contributed by atoms with Gasteiger partial charge in [0.15, 0.2) is 0 Å². The number of carboxylic acid groups (broad SMARTS) is 1. The molecule has 0 saturated carbocycles. The van der Waals surface area contributed by atoms with Crippen molar-refractivity contribution in [2.24, 2.45) is 0 Å². The number of ether oxygens (including phenoxy) is 1. The Morgan fingerprint density at radius 1 is 1.45 bits per heavy atom. The average Bonchev–Trinajstić information content (AvgIpc) is 2.37. The van der Waals surface area contributed by atoms with Gasteiger partial charge in [-0.1, -0.05) is 21.6 Å². The van der Waals surface area contributed by atoms with Crippen molar-refractivity contribution in [2.45, 2.75) is 4.90 Å². The molecule has 0 fully saturated rings. The van der Waals surface area contributed by atoms with E-state index >= 15 is 0 Å². The van der Waals surface area contributed by atoms with E-state index in [0.29, 0.717) is 10.6 Å². The highest BCUT2D eigenvalue weighted by molar-refractivity contribution is 14.1. The number of benzene rings is 1. The Bertz CT molecular complexity index is 538. The molecule has 0 amide bonds. The Morgan fingerprint density at radius 2 is 2.15 bits per heavy atom. The molecule has 1 aromatic rings. The first-order valence-electron chi connectivity index (χ1n) is 5.05. The summed E-state index contributed by atoms with van der Waals surface area (Å²) in [4.78, 5) is 32.0. The number of hydrogen-bond donors (Lipinski definition) is 1. The zero-order chi connectivity index (χ0) is 15.1. The van der Waals surface area contributed by atoms with Gasteiger partial charge in [-0.25, -0.2) is 9.59 Å². The molecule has 0 aromatic heterocycles. The summed E-state index contributed by atoms with van der Waals surface area (Å²) in [6.45, 7) is 0.248.